The second kappa shape index (κ2) is 3.24. The summed E-state index contributed by atoms with van der Waals surface area (Å²) in [4.78, 5) is 0. The van der Waals surface area contributed by atoms with Gasteiger partial charge in [-0.1, -0.05) is 23.8 Å². The van der Waals surface area contributed by atoms with Gasteiger partial charge in [-0.25, -0.2) is 0 Å². The fourth-order valence-corrected chi connectivity index (χ4v) is 1.15. The van der Waals surface area contributed by atoms with Crippen molar-refractivity contribution < 1.29 is 10.0 Å². The highest BCUT2D eigenvalue weighted by molar-refractivity contribution is 6.54. The molecule has 0 bridgehead atoms. The highest BCUT2D eigenvalue weighted by atomic mass is 35.5. The number of rotatable bonds is 1. The normalized spacial score (nSPS) is 17.9. The average Bonchev–Trinajstić information content (AvgIpc) is 1.88. The van der Waals surface area contributed by atoms with Crippen LogP contribution in [0.3, 0.4) is 0 Å². The first-order valence-corrected chi connectivity index (χ1v) is 3.51. The summed E-state index contributed by atoms with van der Waals surface area (Å²) in [6, 6.07) is 0. The van der Waals surface area contributed by atoms with Crippen LogP contribution in [0.2, 0.25) is 0 Å². The molecule has 0 fully saturated rings. The third-order valence-electron chi connectivity index (χ3n) is 1.42. The first-order valence-electron chi connectivity index (χ1n) is 3.13. The maximum atomic E-state index is 8.71. The van der Waals surface area contributed by atoms with Crippen LogP contribution in [0.4, 0.5) is 0 Å². The molecule has 0 aromatic rings. The van der Waals surface area contributed by atoms with Gasteiger partial charge in [0.1, 0.15) is 0 Å². The highest BCUT2D eigenvalue weighted by Gasteiger charge is 2.17. The van der Waals surface area contributed by atoms with Crippen molar-refractivity contribution in [3.8, 4) is 0 Å². The van der Waals surface area contributed by atoms with Crippen LogP contribution >= 0.6 is 11.6 Å². The molecule has 2 nitrogen and oxygen atoms in total. The number of halogens is 1. The first-order chi connectivity index (χ1) is 4.72. The molecule has 0 aliphatic heterocycles. The van der Waals surface area contributed by atoms with E-state index in [1.54, 1.807) is 6.08 Å². The van der Waals surface area contributed by atoms with E-state index >= 15 is 0 Å². The standard InChI is InChI=1S/C6H8BClO2/c8-6-4-2-1-3-5(6)7(9)10/h1,3,9-10H,2,4H2. The monoisotopic (exact) mass is 158 g/mol. The van der Waals surface area contributed by atoms with E-state index in [9.17, 15) is 0 Å². The van der Waals surface area contributed by atoms with Gasteiger partial charge in [-0.15, -0.1) is 0 Å². The minimum Gasteiger partial charge on any atom is -0.423 e. The van der Waals surface area contributed by atoms with Crippen LogP contribution < -0.4 is 0 Å². The van der Waals surface area contributed by atoms with Gasteiger partial charge in [-0.3, -0.25) is 0 Å². The molecule has 0 aromatic heterocycles. The van der Waals surface area contributed by atoms with Gasteiger partial charge >= 0.3 is 7.12 Å². The largest absolute Gasteiger partial charge is 0.489 e. The van der Waals surface area contributed by atoms with Crippen molar-refractivity contribution in [3.63, 3.8) is 0 Å². The van der Waals surface area contributed by atoms with E-state index < -0.39 is 7.12 Å². The minimum atomic E-state index is -1.43. The zero-order valence-corrected chi connectivity index (χ0v) is 6.17. The van der Waals surface area contributed by atoms with E-state index in [1.165, 1.54) is 0 Å². The Morgan fingerprint density at radius 2 is 2.20 bits per heavy atom. The Morgan fingerprint density at radius 1 is 1.50 bits per heavy atom. The zero-order valence-electron chi connectivity index (χ0n) is 5.42. The topological polar surface area (TPSA) is 40.5 Å². The molecule has 2 N–H and O–H groups in total. The summed E-state index contributed by atoms with van der Waals surface area (Å²) in [5, 5.41) is 18.0. The quantitative estimate of drug-likeness (QED) is 0.555. The molecule has 0 heterocycles. The number of allylic oxidation sites excluding steroid dienone is 4. The van der Waals surface area contributed by atoms with Gasteiger partial charge in [0.15, 0.2) is 0 Å². The molecule has 0 unspecified atom stereocenters. The Balaban J connectivity index is 2.79. The lowest BCUT2D eigenvalue weighted by Gasteiger charge is -2.08. The molecule has 1 aliphatic carbocycles. The molecule has 0 atom stereocenters. The lowest BCUT2D eigenvalue weighted by atomic mass is 9.77. The van der Waals surface area contributed by atoms with E-state index in [0.29, 0.717) is 16.9 Å². The maximum Gasteiger partial charge on any atom is 0.489 e. The van der Waals surface area contributed by atoms with E-state index in [4.69, 9.17) is 21.6 Å². The Morgan fingerprint density at radius 3 is 2.60 bits per heavy atom. The van der Waals surface area contributed by atoms with Gasteiger partial charge in [0.05, 0.1) is 0 Å². The van der Waals surface area contributed by atoms with Gasteiger partial charge in [0.25, 0.3) is 0 Å². The van der Waals surface area contributed by atoms with Gasteiger partial charge in [0, 0.05) is 5.03 Å². The molecule has 4 heteroatoms. The third kappa shape index (κ3) is 1.63. The molecular formula is C6H8BClO2. The van der Waals surface area contributed by atoms with Crippen LogP contribution in [-0.2, 0) is 0 Å². The molecule has 0 amide bonds. The Kier molecular flexibility index (Phi) is 2.54. The lowest BCUT2D eigenvalue weighted by Crippen LogP contribution is -2.16. The first kappa shape index (κ1) is 7.86. The fraction of sp³-hybridized carbons (Fsp3) is 0.333. The Bertz CT molecular complexity index is 186. The van der Waals surface area contributed by atoms with Crippen molar-refractivity contribution >= 4 is 18.7 Å². The molecule has 0 saturated carbocycles. The van der Waals surface area contributed by atoms with Crippen LogP contribution in [0.15, 0.2) is 22.7 Å². The number of hydrogen-bond donors (Lipinski definition) is 2. The molecule has 54 valence electrons. The van der Waals surface area contributed by atoms with E-state index in [0.717, 1.165) is 6.42 Å². The Hall–Kier alpha value is -0.245. The molecule has 1 rings (SSSR count). The average molecular weight is 158 g/mol. The lowest BCUT2D eigenvalue weighted by molar-refractivity contribution is 0.420. The molecule has 0 aromatic carbocycles. The second-order valence-electron chi connectivity index (χ2n) is 2.17. The van der Waals surface area contributed by atoms with Crippen molar-refractivity contribution in [1.82, 2.24) is 0 Å². The molecule has 0 spiro atoms. The van der Waals surface area contributed by atoms with Gasteiger partial charge in [-0.2, -0.15) is 0 Å². The van der Waals surface area contributed by atoms with Crippen molar-refractivity contribution in [1.29, 1.82) is 0 Å². The zero-order chi connectivity index (χ0) is 7.56. The fourth-order valence-electron chi connectivity index (χ4n) is 0.881. The molecule has 0 saturated heterocycles. The smallest absolute Gasteiger partial charge is 0.423 e. The van der Waals surface area contributed by atoms with Gasteiger partial charge in [-0.05, 0) is 18.3 Å². The van der Waals surface area contributed by atoms with E-state index in [1.807, 2.05) is 6.08 Å². The van der Waals surface area contributed by atoms with Crippen molar-refractivity contribution in [2.75, 3.05) is 0 Å². The number of hydrogen-bond acceptors (Lipinski definition) is 2. The van der Waals surface area contributed by atoms with Crippen LogP contribution in [0.5, 0.6) is 0 Å². The summed E-state index contributed by atoms with van der Waals surface area (Å²) in [6.45, 7) is 0. The molecular weight excluding hydrogens is 150 g/mol. The summed E-state index contributed by atoms with van der Waals surface area (Å²) in [6.07, 6.45) is 5.12. The van der Waals surface area contributed by atoms with Crippen LogP contribution in [-0.4, -0.2) is 17.2 Å². The molecule has 10 heavy (non-hydrogen) atoms. The molecule has 0 radical (unpaired) electrons. The summed E-state index contributed by atoms with van der Waals surface area (Å²) >= 11 is 5.69. The van der Waals surface area contributed by atoms with Crippen molar-refractivity contribution in [3.05, 3.63) is 22.7 Å². The van der Waals surface area contributed by atoms with Crippen LogP contribution in [0.25, 0.3) is 0 Å². The van der Waals surface area contributed by atoms with Gasteiger partial charge < -0.3 is 10.0 Å². The van der Waals surface area contributed by atoms with Crippen LogP contribution in [0.1, 0.15) is 12.8 Å². The van der Waals surface area contributed by atoms with Crippen molar-refractivity contribution in [2.45, 2.75) is 12.8 Å². The van der Waals surface area contributed by atoms with Gasteiger partial charge in [0.2, 0.25) is 0 Å². The van der Waals surface area contributed by atoms with E-state index in [-0.39, 0.29) is 0 Å². The highest BCUT2D eigenvalue weighted by Crippen LogP contribution is 2.22. The Labute approximate surface area is 65.0 Å². The third-order valence-corrected chi connectivity index (χ3v) is 1.83. The second-order valence-corrected chi connectivity index (χ2v) is 2.63. The minimum absolute atomic E-state index is 0.424. The summed E-state index contributed by atoms with van der Waals surface area (Å²) in [5.41, 5.74) is 0.424. The summed E-state index contributed by atoms with van der Waals surface area (Å²) in [5.74, 6) is 0. The van der Waals surface area contributed by atoms with E-state index in [2.05, 4.69) is 0 Å². The molecule has 1 aliphatic rings. The SMILES string of the molecule is OB(O)C1=C(Cl)CCC=C1. The van der Waals surface area contributed by atoms with Crippen molar-refractivity contribution in [2.24, 2.45) is 0 Å². The van der Waals surface area contributed by atoms with Crippen LogP contribution in [0, 0.1) is 0 Å². The maximum absolute atomic E-state index is 8.71. The predicted octanol–water partition coefficient (Wildman–Crippen LogP) is 0.841. The predicted molar refractivity (Wildman–Crippen MR) is 41.4 cm³/mol. The summed E-state index contributed by atoms with van der Waals surface area (Å²) < 4.78 is 0. The summed E-state index contributed by atoms with van der Waals surface area (Å²) in [7, 11) is -1.43.